The van der Waals surface area contributed by atoms with E-state index in [0.717, 1.165) is 11.3 Å². The Labute approximate surface area is 158 Å². The molecule has 0 saturated carbocycles. The Morgan fingerprint density at radius 3 is 2.52 bits per heavy atom. The first kappa shape index (κ1) is 18.2. The highest BCUT2D eigenvalue weighted by Crippen LogP contribution is 2.17. The van der Waals surface area contributed by atoms with Crippen LogP contribution in [0.5, 0.6) is 0 Å². The summed E-state index contributed by atoms with van der Waals surface area (Å²) < 4.78 is 0. The summed E-state index contributed by atoms with van der Waals surface area (Å²) >= 11 is 0. The molecule has 27 heavy (non-hydrogen) atoms. The molecule has 5 nitrogen and oxygen atoms in total. The van der Waals surface area contributed by atoms with Gasteiger partial charge in [0.25, 0.3) is 5.91 Å². The van der Waals surface area contributed by atoms with E-state index in [1.165, 1.54) is 0 Å². The van der Waals surface area contributed by atoms with Crippen molar-refractivity contribution in [1.29, 1.82) is 5.26 Å². The zero-order chi connectivity index (χ0) is 19.1. The maximum Gasteiger partial charge on any atom is 0.254 e. The molecule has 0 bridgehead atoms. The van der Waals surface area contributed by atoms with Gasteiger partial charge in [0.2, 0.25) is 0 Å². The summed E-state index contributed by atoms with van der Waals surface area (Å²) in [6.07, 6.45) is 1.62. The third-order valence-electron chi connectivity index (χ3n) is 4.18. The number of anilines is 2. The van der Waals surface area contributed by atoms with Gasteiger partial charge in [0.1, 0.15) is 5.82 Å². The predicted octanol–water partition coefficient (Wildman–Crippen LogP) is 4.36. The van der Waals surface area contributed by atoms with Crippen molar-refractivity contribution in [2.24, 2.45) is 0 Å². The number of aromatic nitrogens is 1. The number of amides is 1. The van der Waals surface area contributed by atoms with Gasteiger partial charge in [0.15, 0.2) is 0 Å². The summed E-state index contributed by atoms with van der Waals surface area (Å²) in [5.41, 5.74) is 3.08. The minimum atomic E-state index is -0.0355. The van der Waals surface area contributed by atoms with Gasteiger partial charge in [-0.1, -0.05) is 30.3 Å². The normalized spacial score (nSPS) is 10.1. The predicted molar refractivity (Wildman–Crippen MR) is 106 cm³/mol. The van der Waals surface area contributed by atoms with Crippen molar-refractivity contribution in [3.8, 4) is 6.07 Å². The summed E-state index contributed by atoms with van der Waals surface area (Å²) in [6, 6.07) is 22.6. The molecule has 0 spiro atoms. The highest BCUT2D eigenvalue weighted by atomic mass is 16.2. The average Bonchev–Trinajstić information content (AvgIpc) is 2.73. The second-order valence-electron chi connectivity index (χ2n) is 6.05. The maximum atomic E-state index is 12.9. The molecule has 2 aromatic carbocycles. The van der Waals surface area contributed by atoms with Crippen molar-refractivity contribution < 1.29 is 4.79 Å². The van der Waals surface area contributed by atoms with Crippen LogP contribution >= 0.6 is 0 Å². The van der Waals surface area contributed by atoms with Gasteiger partial charge < -0.3 is 10.2 Å². The van der Waals surface area contributed by atoms with Crippen LogP contribution in [-0.4, -0.2) is 22.3 Å². The van der Waals surface area contributed by atoms with Crippen LogP contribution in [0.15, 0.2) is 72.9 Å². The van der Waals surface area contributed by atoms with Gasteiger partial charge in [-0.05, 0) is 48.9 Å². The number of nitrogens with zero attached hydrogens (tertiary/aromatic N) is 3. The SMILES string of the molecule is CCN(Cc1ccccc1)C(=O)c1ccnc(Nc2ccc(C#N)cc2)c1. The Morgan fingerprint density at radius 2 is 1.85 bits per heavy atom. The Hall–Kier alpha value is -3.65. The molecular weight excluding hydrogens is 336 g/mol. The second kappa shape index (κ2) is 8.63. The molecule has 0 fully saturated rings. The summed E-state index contributed by atoms with van der Waals surface area (Å²) in [5, 5.41) is 12.0. The van der Waals surface area contributed by atoms with E-state index in [2.05, 4.69) is 16.4 Å². The van der Waals surface area contributed by atoms with Crippen LogP contribution in [0.4, 0.5) is 11.5 Å². The van der Waals surface area contributed by atoms with E-state index in [1.54, 1.807) is 35.4 Å². The van der Waals surface area contributed by atoms with Crippen molar-refractivity contribution >= 4 is 17.4 Å². The van der Waals surface area contributed by atoms with Crippen LogP contribution in [-0.2, 0) is 6.54 Å². The fourth-order valence-electron chi connectivity index (χ4n) is 2.72. The number of nitrogens with one attached hydrogen (secondary N) is 1. The highest BCUT2D eigenvalue weighted by molar-refractivity contribution is 5.95. The smallest absolute Gasteiger partial charge is 0.254 e. The summed E-state index contributed by atoms with van der Waals surface area (Å²) in [6.45, 7) is 3.16. The fraction of sp³-hybridized carbons (Fsp3) is 0.136. The van der Waals surface area contributed by atoms with E-state index >= 15 is 0 Å². The minimum Gasteiger partial charge on any atom is -0.340 e. The van der Waals surface area contributed by atoms with E-state index in [-0.39, 0.29) is 5.91 Å². The van der Waals surface area contributed by atoms with E-state index in [1.807, 2.05) is 49.4 Å². The molecule has 1 N–H and O–H groups in total. The van der Waals surface area contributed by atoms with Crippen molar-refractivity contribution in [3.63, 3.8) is 0 Å². The van der Waals surface area contributed by atoms with Gasteiger partial charge in [-0.15, -0.1) is 0 Å². The van der Waals surface area contributed by atoms with Crippen molar-refractivity contribution in [3.05, 3.63) is 89.6 Å². The van der Waals surface area contributed by atoms with E-state index < -0.39 is 0 Å². The monoisotopic (exact) mass is 356 g/mol. The molecule has 3 aromatic rings. The number of rotatable bonds is 6. The first-order chi connectivity index (χ1) is 13.2. The Morgan fingerprint density at radius 1 is 1.11 bits per heavy atom. The standard InChI is InChI=1S/C22H20N4O/c1-2-26(16-18-6-4-3-5-7-18)22(27)19-12-13-24-21(14-19)25-20-10-8-17(15-23)9-11-20/h3-14H,2,16H2,1H3,(H,24,25). The van der Waals surface area contributed by atoms with Crippen molar-refractivity contribution in [2.75, 3.05) is 11.9 Å². The zero-order valence-electron chi connectivity index (χ0n) is 15.1. The molecule has 1 aromatic heterocycles. The molecule has 1 heterocycles. The third kappa shape index (κ3) is 4.71. The molecule has 0 aliphatic heterocycles. The lowest BCUT2D eigenvalue weighted by Gasteiger charge is -2.21. The molecule has 5 heteroatoms. The lowest BCUT2D eigenvalue weighted by atomic mass is 10.1. The molecule has 0 saturated heterocycles. The fourth-order valence-corrected chi connectivity index (χ4v) is 2.72. The molecule has 134 valence electrons. The van der Waals surface area contributed by atoms with Crippen LogP contribution < -0.4 is 5.32 Å². The van der Waals surface area contributed by atoms with Gasteiger partial charge in [0.05, 0.1) is 11.6 Å². The first-order valence-electron chi connectivity index (χ1n) is 8.76. The number of carbonyl (C=O) groups excluding carboxylic acids is 1. The number of hydrogen-bond donors (Lipinski definition) is 1. The highest BCUT2D eigenvalue weighted by Gasteiger charge is 2.15. The van der Waals surface area contributed by atoms with Crippen LogP contribution in [0, 0.1) is 11.3 Å². The van der Waals surface area contributed by atoms with Gasteiger partial charge in [0, 0.05) is 30.5 Å². The Balaban J connectivity index is 1.74. The third-order valence-corrected chi connectivity index (χ3v) is 4.18. The van der Waals surface area contributed by atoms with E-state index in [0.29, 0.717) is 30.0 Å². The molecule has 0 aliphatic rings. The number of carbonyl (C=O) groups is 1. The molecule has 0 aliphatic carbocycles. The number of pyridine rings is 1. The molecule has 0 atom stereocenters. The van der Waals surface area contributed by atoms with Gasteiger partial charge >= 0.3 is 0 Å². The average molecular weight is 356 g/mol. The van der Waals surface area contributed by atoms with Crippen LogP contribution in [0.2, 0.25) is 0 Å². The number of nitriles is 1. The summed E-state index contributed by atoms with van der Waals surface area (Å²) in [4.78, 5) is 19.0. The summed E-state index contributed by atoms with van der Waals surface area (Å²) in [7, 11) is 0. The maximum absolute atomic E-state index is 12.9. The van der Waals surface area contributed by atoms with Crippen LogP contribution in [0.1, 0.15) is 28.4 Å². The quantitative estimate of drug-likeness (QED) is 0.712. The van der Waals surface area contributed by atoms with Crippen LogP contribution in [0.25, 0.3) is 0 Å². The van der Waals surface area contributed by atoms with Crippen LogP contribution in [0.3, 0.4) is 0 Å². The Kier molecular flexibility index (Phi) is 5.80. The lowest BCUT2D eigenvalue weighted by Crippen LogP contribution is -2.30. The molecule has 1 amide bonds. The second-order valence-corrected chi connectivity index (χ2v) is 6.05. The lowest BCUT2D eigenvalue weighted by molar-refractivity contribution is 0.0752. The molecule has 3 rings (SSSR count). The Bertz CT molecular complexity index is 946. The number of hydrogen-bond acceptors (Lipinski definition) is 4. The topological polar surface area (TPSA) is 69.0 Å². The molecule has 0 unspecified atom stereocenters. The van der Waals surface area contributed by atoms with E-state index in [4.69, 9.17) is 5.26 Å². The van der Waals surface area contributed by atoms with Crippen molar-refractivity contribution in [1.82, 2.24) is 9.88 Å². The molecule has 0 radical (unpaired) electrons. The van der Waals surface area contributed by atoms with Gasteiger partial charge in [-0.3, -0.25) is 4.79 Å². The first-order valence-corrected chi connectivity index (χ1v) is 8.76. The number of benzene rings is 2. The van der Waals surface area contributed by atoms with E-state index in [9.17, 15) is 4.79 Å². The summed E-state index contributed by atoms with van der Waals surface area (Å²) in [5.74, 6) is 0.549. The molecular formula is C22H20N4O. The minimum absolute atomic E-state index is 0.0355. The largest absolute Gasteiger partial charge is 0.340 e. The van der Waals surface area contributed by atoms with Gasteiger partial charge in [-0.25, -0.2) is 4.98 Å². The van der Waals surface area contributed by atoms with Gasteiger partial charge in [-0.2, -0.15) is 5.26 Å². The van der Waals surface area contributed by atoms with Crippen molar-refractivity contribution in [2.45, 2.75) is 13.5 Å². The zero-order valence-corrected chi connectivity index (χ0v) is 15.1.